The normalized spacial score (nSPS) is 16.2. The van der Waals surface area contributed by atoms with E-state index in [2.05, 4.69) is 10.2 Å². The van der Waals surface area contributed by atoms with Gasteiger partial charge in [0.1, 0.15) is 0 Å². The van der Waals surface area contributed by atoms with Crippen LogP contribution in [-0.2, 0) is 21.4 Å². The summed E-state index contributed by atoms with van der Waals surface area (Å²) in [7, 11) is -1.55. The Morgan fingerprint density at radius 2 is 1.79 bits per heavy atom. The number of sulfonamides is 1. The molecule has 1 aromatic carbocycles. The molecule has 1 amide bonds. The van der Waals surface area contributed by atoms with Crippen molar-refractivity contribution in [1.29, 1.82) is 0 Å². The zero-order valence-corrected chi connectivity index (χ0v) is 17.6. The lowest BCUT2D eigenvalue weighted by Gasteiger charge is -2.31. The van der Waals surface area contributed by atoms with Gasteiger partial charge in [-0.15, -0.1) is 0 Å². The molecule has 2 aromatic rings. The Morgan fingerprint density at radius 3 is 2.36 bits per heavy atom. The van der Waals surface area contributed by atoms with Gasteiger partial charge in [-0.2, -0.15) is 4.31 Å². The average molecular weight is 425 g/mol. The highest BCUT2D eigenvalue weighted by Gasteiger charge is 2.27. The molecule has 0 bridgehead atoms. The van der Waals surface area contributed by atoms with Crippen molar-refractivity contribution in [1.82, 2.24) is 13.8 Å². The SMILES string of the molecule is Cc1csc(=O)n1CCC(=O)Nc1ccc(S(=O)(=O)N2CCN(C)CC2)cc1. The summed E-state index contributed by atoms with van der Waals surface area (Å²) in [5, 5.41) is 4.50. The number of nitrogens with zero attached hydrogens (tertiary/aromatic N) is 3. The number of hydrogen-bond donors (Lipinski definition) is 1. The van der Waals surface area contributed by atoms with Crippen LogP contribution in [0.25, 0.3) is 0 Å². The second-order valence-corrected chi connectivity index (χ2v) is 9.58. The number of aryl methyl sites for hydroxylation is 1. The van der Waals surface area contributed by atoms with Gasteiger partial charge >= 0.3 is 4.87 Å². The van der Waals surface area contributed by atoms with Crippen molar-refractivity contribution < 1.29 is 13.2 Å². The third kappa shape index (κ3) is 4.69. The van der Waals surface area contributed by atoms with Gasteiger partial charge in [0.2, 0.25) is 15.9 Å². The van der Waals surface area contributed by atoms with Crippen molar-refractivity contribution in [3.63, 3.8) is 0 Å². The maximum absolute atomic E-state index is 12.7. The minimum absolute atomic E-state index is 0.0798. The van der Waals surface area contributed by atoms with Crippen LogP contribution in [0.4, 0.5) is 5.69 Å². The van der Waals surface area contributed by atoms with Crippen molar-refractivity contribution in [3.05, 3.63) is 45.0 Å². The Labute approximate surface area is 168 Å². The van der Waals surface area contributed by atoms with Crippen LogP contribution >= 0.6 is 11.3 Å². The third-order valence-corrected chi connectivity index (χ3v) is 7.57. The van der Waals surface area contributed by atoms with E-state index >= 15 is 0 Å². The van der Waals surface area contributed by atoms with E-state index in [-0.39, 0.29) is 22.1 Å². The highest BCUT2D eigenvalue weighted by Crippen LogP contribution is 2.19. The van der Waals surface area contributed by atoms with Crippen LogP contribution in [-0.4, -0.2) is 61.3 Å². The van der Waals surface area contributed by atoms with Crippen molar-refractivity contribution in [2.45, 2.75) is 24.8 Å². The van der Waals surface area contributed by atoms with E-state index in [1.54, 1.807) is 22.1 Å². The van der Waals surface area contributed by atoms with Gasteiger partial charge in [0.05, 0.1) is 4.90 Å². The predicted molar refractivity (Wildman–Crippen MR) is 109 cm³/mol. The highest BCUT2D eigenvalue weighted by molar-refractivity contribution is 7.89. The number of carbonyl (C=O) groups excluding carboxylic acids is 1. The Kier molecular flexibility index (Phi) is 6.33. The summed E-state index contributed by atoms with van der Waals surface area (Å²) >= 11 is 1.11. The molecule has 1 aliphatic rings. The number of thiazole rings is 1. The van der Waals surface area contributed by atoms with Crippen LogP contribution in [0.15, 0.2) is 39.3 Å². The van der Waals surface area contributed by atoms with Crippen LogP contribution in [0.5, 0.6) is 0 Å². The molecule has 28 heavy (non-hydrogen) atoms. The van der Waals surface area contributed by atoms with Gasteiger partial charge in [-0.25, -0.2) is 8.42 Å². The van der Waals surface area contributed by atoms with Crippen LogP contribution in [0.2, 0.25) is 0 Å². The van der Waals surface area contributed by atoms with E-state index in [0.717, 1.165) is 17.0 Å². The number of rotatable bonds is 6. The summed E-state index contributed by atoms with van der Waals surface area (Å²) in [6.07, 6.45) is 0.166. The minimum Gasteiger partial charge on any atom is -0.326 e. The molecule has 0 saturated carbocycles. The van der Waals surface area contributed by atoms with Gasteiger partial charge < -0.3 is 14.8 Å². The molecule has 1 fully saturated rings. The molecule has 1 N–H and O–H groups in total. The Bertz CT molecular complexity index is 987. The fourth-order valence-corrected chi connectivity index (χ4v) is 5.18. The van der Waals surface area contributed by atoms with E-state index in [1.807, 2.05) is 14.0 Å². The Hall–Kier alpha value is -2.01. The largest absolute Gasteiger partial charge is 0.326 e. The van der Waals surface area contributed by atoms with Crippen LogP contribution < -0.4 is 10.2 Å². The van der Waals surface area contributed by atoms with Gasteiger partial charge in [0.15, 0.2) is 0 Å². The first-order valence-corrected chi connectivity index (χ1v) is 11.3. The summed E-state index contributed by atoms with van der Waals surface area (Å²) in [4.78, 5) is 26.0. The number of anilines is 1. The smallest absolute Gasteiger partial charge is 0.307 e. The van der Waals surface area contributed by atoms with E-state index < -0.39 is 10.0 Å². The topological polar surface area (TPSA) is 91.7 Å². The molecule has 152 valence electrons. The molecule has 1 aliphatic heterocycles. The van der Waals surface area contributed by atoms with E-state index in [1.165, 1.54) is 16.4 Å². The van der Waals surface area contributed by atoms with Crippen LogP contribution in [0.1, 0.15) is 12.1 Å². The lowest BCUT2D eigenvalue weighted by molar-refractivity contribution is -0.116. The first kappa shape index (κ1) is 20.7. The molecule has 0 radical (unpaired) electrons. The molecule has 8 nitrogen and oxygen atoms in total. The summed E-state index contributed by atoms with van der Waals surface area (Å²) in [5.41, 5.74) is 1.36. The average Bonchev–Trinajstić information content (AvgIpc) is 2.98. The van der Waals surface area contributed by atoms with Gasteiger partial charge in [-0.1, -0.05) is 11.3 Å². The van der Waals surface area contributed by atoms with E-state index in [9.17, 15) is 18.0 Å². The predicted octanol–water partition coefficient (Wildman–Crippen LogP) is 1.18. The molecule has 0 unspecified atom stereocenters. The first-order valence-electron chi connectivity index (χ1n) is 9.01. The van der Waals surface area contributed by atoms with Crippen molar-refractivity contribution >= 4 is 33.0 Å². The summed E-state index contributed by atoms with van der Waals surface area (Å²) in [5.74, 6) is -0.229. The van der Waals surface area contributed by atoms with Crippen LogP contribution in [0, 0.1) is 6.92 Å². The standard InChI is InChI=1S/C18H24N4O4S2/c1-14-13-27-18(24)22(14)8-7-17(23)19-15-3-5-16(6-4-15)28(25,26)21-11-9-20(2)10-12-21/h3-6,13H,7-12H2,1-2H3,(H,19,23). The molecule has 1 aromatic heterocycles. The molecule has 0 aliphatic carbocycles. The number of piperazine rings is 1. The van der Waals surface area contributed by atoms with Crippen molar-refractivity contribution in [3.8, 4) is 0 Å². The molecule has 0 spiro atoms. The zero-order chi connectivity index (χ0) is 20.3. The highest BCUT2D eigenvalue weighted by atomic mass is 32.2. The summed E-state index contributed by atoms with van der Waals surface area (Å²) < 4.78 is 28.5. The maximum Gasteiger partial charge on any atom is 0.307 e. The lowest BCUT2D eigenvalue weighted by atomic mass is 10.3. The van der Waals surface area contributed by atoms with E-state index in [4.69, 9.17) is 0 Å². The number of likely N-dealkylation sites (N-methyl/N-ethyl adjacent to an activating group) is 1. The van der Waals surface area contributed by atoms with E-state index in [0.29, 0.717) is 38.4 Å². The maximum atomic E-state index is 12.7. The van der Waals surface area contributed by atoms with Gasteiger partial charge in [0, 0.05) is 55.9 Å². The fraction of sp³-hybridized carbons (Fsp3) is 0.444. The van der Waals surface area contributed by atoms with Gasteiger partial charge in [-0.05, 0) is 38.2 Å². The van der Waals surface area contributed by atoms with Gasteiger partial charge in [-0.3, -0.25) is 9.59 Å². The first-order chi connectivity index (χ1) is 13.3. The molecular formula is C18H24N4O4S2. The molecule has 3 rings (SSSR count). The number of hydrogen-bond acceptors (Lipinski definition) is 6. The quantitative estimate of drug-likeness (QED) is 0.752. The number of benzene rings is 1. The number of aromatic nitrogens is 1. The summed E-state index contributed by atoms with van der Waals surface area (Å²) in [6.45, 7) is 4.50. The van der Waals surface area contributed by atoms with Crippen molar-refractivity contribution in [2.75, 3.05) is 38.5 Å². The molecule has 10 heteroatoms. The molecular weight excluding hydrogens is 400 g/mol. The molecule has 0 atom stereocenters. The van der Waals surface area contributed by atoms with Gasteiger partial charge in [0.25, 0.3) is 0 Å². The zero-order valence-electron chi connectivity index (χ0n) is 15.9. The second-order valence-electron chi connectivity index (χ2n) is 6.82. The number of carbonyl (C=O) groups is 1. The Balaban J connectivity index is 1.59. The van der Waals surface area contributed by atoms with Crippen molar-refractivity contribution in [2.24, 2.45) is 0 Å². The molecule has 2 heterocycles. The third-order valence-electron chi connectivity index (χ3n) is 4.78. The number of nitrogens with one attached hydrogen (secondary N) is 1. The monoisotopic (exact) mass is 424 g/mol. The Morgan fingerprint density at radius 1 is 1.14 bits per heavy atom. The second kappa shape index (κ2) is 8.56. The fourth-order valence-electron chi connectivity index (χ4n) is 3.00. The van der Waals surface area contributed by atoms with Crippen LogP contribution in [0.3, 0.4) is 0 Å². The number of amides is 1. The lowest BCUT2D eigenvalue weighted by Crippen LogP contribution is -2.46. The summed E-state index contributed by atoms with van der Waals surface area (Å²) in [6, 6.07) is 6.19. The minimum atomic E-state index is -3.52. The molecule has 1 saturated heterocycles.